The Morgan fingerprint density at radius 2 is 2.27 bits per heavy atom. The number of benzene rings is 1. The lowest BCUT2D eigenvalue weighted by Crippen LogP contribution is -2.11. The van der Waals surface area contributed by atoms with Gasteiger partial charge in [0.1, 0.15) is 5.75 Å². The average Bonchev–Trinajstić information content (AvgIpc) is 2.27. The van der Waals surface area contributed by atoms with Crippen molar-refractivity contribution in [1.29, 1.82) is 0 Å². The second-order valence-corrected chi connectivity index (χ2v) is 3.20. The van der Waals surface area contributed by atoms with Gasteiger partial charge in [0, 0.05) is 11.6 Å². The van der Waals surface area contributed by atoms with Crippen LogP contribution in [-0.2, 0) is 0 Å². The zero-order valence-corrected chi connectivity index (χ0v) is 8.77. The molecule has 1 aromatic carbocycles. The number of ether oxygens (including phenoxy) is 1. The first-order valence-corrected chi connectivity index (χ1v) is 4.68. The van der Waals surface area contributed by atoms with Crippen molar-refractivity contribution in [1.82, 2.24) is 0 Å². The van der Waals surface area contributed by atoms with E-state index < -0.39 is 4.92 Å². The quantitative estimate of drug-likeness (QED) is 0.609. The van der Waals surface area contributed by atoms with Gasteiger partial charge in [0.15, 0.2) is 0 Å². The van der Waals surface area contributed by atoms with Gasteiger partial charge in [0.2, 0.25) is 0 Å². The van der Waals surface area contributed by atoms with Crippen LogP contribution in [0.3, 0.4) is 0 Å². The van der Waals surface area contributed by atoms with Crippen LogP contribution in [0, 0.1) is 10.1 Å². The molecule has 5 nitrogen and oxygen atoms in total. The molecule has 1 rings (SSSR count). The van der Waals surface area contributed by atoms with E-state index in [1.807, 2.05) is 6.92 Å². The molecule has 5 heteroatoms. The molecule has 0 saturated heterocycles. The van der Waals surface area contributed by atoms with E-state index in [2.05, 4.69) is 0 Å². The molecule has 0 saturated carbocycles. The minimum absolute atomic E-state index is 0.0173. The van der Waals surface area contributed by atoms with Crippen LogP contribution in [0.4, 0.5) is 5.69 Å². The summed E-state index contributed by atoms with van der Waals surface area (Å²) >= 11 is 0. The highest BCUT2D eigenvalue weighted by Crippen LogP contribution is 2.29. The Labute approximate surface area is 88.0 Å². The van der Waals surface area contributed by atoms with Gasteiger partial charge in [-0.3, -0.25) is 10.1 Å². The van der Waals surface area contributed by atoms with E-state index in [0.717, 1.165) is 0 Å². The van der Waals surface area contributed by atoms with Crippen LogP contribution in [0.15, 0.2) is 18.2 Å². The highest BCUT2D eigenvalue weighted by molar-refractivity contribution is 5.47. The van der Waals surface area contributed by atoms with Crippen LogP contribution in [0.1, 0.15) is 24.9 Å². The molecular formula is C10H14N2O3. The number of nitro benzene ring substituents is 1. The Hall–Kier alpha value is -1.62. The van der Waals surface area contributed by atoms with Gasteiger partial charge >= 0.3 is 0 Å². The fraction of sp³-hybridized carbons (Fsp3) is 0.400. The number of rotatable bonds is 4. The number of nitrogens with zero attached hydrogens (tertiary/aromatic N) is 1. The fourth-order valence-electron chi connectivity index (χ4n) is 1.34. The molecule has 1 aromatic rings. The van der Waals surface area contributed by atoms with Gasteiger partial charge < -0.3 is 10.5 Å². The molecule has 1 unspecified atom stereocenters. The summed E-state index contributed by atoms with van der Waals surface area (Å²) in [4.78, 5) is 10.4. The molecule has 0 amide bonds. The van der Waals surface area contributed by atoms with Crippen molar-refractivity contribution in [3.8, 4) is 5.75 Å². The highest BCUT2D eigenvalue weighted by atomic mass is 16.6. The average molecular weight is 210 g/mol. The van der Waals surface area contributed by atoms with Gasteiger partial charge in [-0.2, -0.15) is 0 Å². The number of hydrogen-bond donors (Lipinski definition) is 1. The molecule has 0 aliphatic carbocycles. The Morgan fingerprint density at radius 3 is 2.73 bits per heavy atom. The molecular weight excluding hydrogens is 196 g/mol. The summed E-state index contributed by atoms with van der Waals surface area (Å²) in [7, 11) is 1.47. The van der Waals surface area contributed by atoms with Gasteiger partial charge in [0.25, 0.3) is 5.69 Å². The molecule has 0 fully saturated rings. The van der Waals surface area contributed by atoms with Crippen LogP contribution in [0.2, 0.25) is 0 Å². The molecule has 15 heavy (non-hydrogen) atoms. The molecule has 82 valence electrons. The third kappa shape index (κ3) is 2.44. The highest BCUT2D eigenvalue weighted by Gasteiger charge is 2.18. The lowest BCUT2D eigenvalue weighted by molar-refractivity contribution is -0.385. The van der Waals surface area contributed by atoms with Gasteiger partial charge in [-0.25, -0.2) is 0 Å². The number of nitrogens with two attached hydrogens (primary N) is 1. The van der Waals surface area contributed by atoms with Crippen molar-refractivity contribution in [3.05, 3.63) is 33.9 Å². The summed E-state index contributed by atoms with van der Waals surface area (Å²) in [5.74, 6) is 0.466. The second-order valence-electron chi connectivity index (χ2n) is 3.20. The van der Waals surface area contributed by atoms with Gasteiger partial charge in [-0.1, -0.05) is 6.92 Å². The summed E-state index contributed by atoms with van der Waals surface area (Å²) in [5, 5.41) is 10.8. The van der Waals surface area contributed by atoms with Crippen molar-refractivity contribution in [2.45, 2.75) is 19.4 Å². The molecule has 0 spiro atoms. The Kier molecular flexibility index (Phi) is 3.62. The van der Waals surface area contributed by atoms with Crippen LogP contribution < -0.4 is 10.5 Å². The molecule has 0 radical (unpaired) electrons. The Bertz CT molecular complexity index is 366. The van der Waals surface area contributed by atoms with E-state index in [4.69, 9.17) is 10.5 Å². The summed E-state index contributed by atoms with van der Waals surface area (Å²) in [6.45, 7) is 1.89. The first-order chi connectivity index (χ1) is 7.10. The maximum atomic E-state index is 10.8. The molecule has 0 aliphatic rings. The van der Waals surface area contributed by atoms with Crippen molar-refractivity contribution < 1.29 is 9.66 Å². The van der Waals surface area contributed by atoms with Crippen molar-refractivity contribution in [2.24, 2.45) is 5.73 Å². The molecule has 0 aromatic heterocycles. The van der Waals surface area contributed by atoms with E-state index in [9.17, 15) is 10.1 Å². The topological polar surface area (TPSA) is 78.4 Å². The zero-order valence-electron chi connectivity index (χ0n) is 8.77. The van der Waals surface area contributed by atoms with Gasteiger partial charge in [-0.15, -0.1) is 0 Å². The lowest BCUT2D eigenvalue weighted by Gasteiger charge is -2.10. The van der Waals surface area contributed by atoms with E-state index >= 15 is 0 Å². The first kappa shape index (κ1) is 11.5. The summed E-state index contributed by atoms with van der Waals surface area (Å²) in [6, 6.07) is 4.41. The summed E-state index contributed by atoms with van der Waals surface area (Å²) < 4.78 is 4.93. The molecule has 2 N–H and O–H groups in total. The van der Waals surface area contributed by atoms with Crippen LogP contribution in [0.25, 0.3) is 0 Å². The Morgan fingerprint density at radius 1 is 1.60 bits per heavy atom. The van der Waals surface area contributed by atoms with Crippen LogP contribution in [0.5, 0.6) is 5.75 Å². The lowest BCUT2D eigenvalue weighted by atomic mass is 10.0. The number of hydrogen-bond acceptors (Lipinski definition) is 4. The van der Waals surface area contributed by atoms with Crippen LogP contribution >= 0.6 is 0 Å². The maximum absolute atomic E-state index is 10.8. The SMILES string of the molecule is CCC(N)c1ccc(OC)cc1[N+](=O)[O-]. The largest absolute Gasteiger partial charge is 0.497 e. The maximum Gasteiger partial charge on any atom is 0.277 e. The van der Waals surface area contributed by atoms with Gasteiger partial charge in [0.05, 0.1) is 18.1 Å². The third-order valence-electron chi connectivity index (χ3n) is 2.27. The van der Waals surface area contributed by atoms with Crippen molar-refractivity contribution in [2.75, 3.05) is 7.11 Å². The number of methoxy groups -OCH3 is 1. The van der Waals surface area contributed by atoms with Crippen molar-refractivity contribution >= 4 is 5.69 Å². The van der Waals surface area contributed by atoms with Gasteiger partial charge in [-0.05, 0) is 18.6 Å². The number of nitro groups is 1. The normalized spacial score (nSPS) is 12.2. The molecule has 1 atom stereocenters. The predicted octanol–water partition coefficient (Wildman–Crippen LogP) is 2.01. The predicted molar refractivity (Wildman–Crippen MR) is 56.9 cm³/mol. The standard InChI is InChI=1S/C10H14N2O3/c1-3-9(11)8-5-4-7(15-2)6-10(8)12(13)14/h4-6,9H,3,11H2,1-2H3. The monoisotopic (exact) mass is 210 g/mol. The fourth-order valence-corrected chi connectivity index (χ4v) is 1.34. The molecule has 0 heterocycles. The van der Waals surface area contributed by atoms with E-state index in [-0.39, 0.29) is 11.7 Å². The van der Waals surface area contributed by atoms with E-state index in [1.165, 1.54) is 13.2 Å². The second kappa shape index (κ2) is 4.75. The summed E-state index contributed by atoms with van der Waals surface area (Å²) in [5.41, 5.74) is 6.34. The van der Waals surface area contributed by atoms with Crippen molar-refractivity contribution in [3.63, 3.8) is 0 Å². The molecule has 0 bridgehead atoms. The van der Waals surface area contributed by atoms with Crippen LogP contribution in [-0.4, -0.2) is 12.0 Å². The van der Waals surface area contributed by atoms with E-state index in [0.29, 0.717) is 17.7 Å². The smallest absolute Gasteiger partial charge is 0.277 e. The first-order valence-electron chi connectivity index (χ1n) is 4.68. The summed E-state index contributed by atoms with van der Waals surface area (Å²) in [6.07, 6.45) is 0.660. The zero-order chi connectivity index (χ0) is 11.4. The molecule has 0 aliphatic heterocycles. The minimum Gasteiger partial charge on any atom is -0.497 e. The van der Waals surface area contributed by atoms with E-state index in [1.54, 1.807) is 12.1 Å². The third-order valence-corrected chi connectivity index (χ3v) is 2.27. The Balaban J connectivity index is 3.21. The minimum atomic E-state index is -0.437.